The summed E-state index contributed by atoms with van der Waals surface area (Å²) in [6, 6.07) is 6.93. The average molecular weight is 279 g/mol. The molecule has 0 saturated carbocycles. The molecule has 1 aromatic carbocycles. The first kappa shape index (κ1) is 12.8. The fourth-order valence-corrected chi connectivity index (χ4v) is 4.30. The minimum absolute atomic E-state index is 0.190. The van der Waals surface area contributed by atoms with Crippen molar-refractivity contribution < 1.29 is 13.5 Å². The Morgan fingerprint density at radius 3 is 2.58 bits per heavy atom. The van der Waals surface area contributed by atoms with Gasteiger partial charge in [0.15, 0.2) is 0 Å². The predicted octanol–water partition coefficient (Wildman–Crippen LogP) is 1.31. The Labute approximate surface area is 113 Å². The van der Waals surface area contributed by atoms with E-state index in [2.05, 4.69) is 0 Å². The summed E-state index contributed by atoms with van der Waals surface area (Å²) in [6.07, 6.45) is 2.05. The highest BCUT2D eigenvalue weighted by atomic mass is 32.2. The number of aliphatic hydroxyl groups is 1. The van der Waals surface area contributed by atoms with Crippen LogP contribution in [0.3, 0.4) is 0 Å². The molecular formula is C14H17NO3S. The first-order chi connectivity index (χ1) is 8.96. The van der Waals surface area contributed by atoms with Crippen LogP contribution in [0, 0.1) is 12.8 Å². The molecule has 1 fully saturated rings. The third-order valence-corrected chi connectivity index (χ3v) is 5.72. The normalized spacial score (nSPS) is 27.4. The second kappa shape index (κ2) is 4.44. The van der Waals surface area contributed by atoms with Crippen LogP contribution in [-0.4, -0.2) is 37.0 Å². The van der Waals surface area contributed by atoms with Crippen LogP contribution in [0.2, 0.25) is 0 Å². The largest absolute Gasteiger partial charge is 0.389 e. The lowest BCUT2D eigenvalue weighted by Crippen LogP contribution is -2.29. The van der Waals surface area contributed by atoms with Crippen molar-refractivity contribution >= 4 is 10.0 Å². The lowest BCUT2D eigenvalue weighted by molar-refractivity contribution is 0.207. The summed E-state index contributed by atoms with van der Waals surface area (Å²) in [4.78, 5) is 0.347. The van der Waals surface area contributed by atoms with Crippen LogP contribution in [0.5, 0.6) is 0 Å². The van der Waals surface area contributed by atoms with Crippen molar-refractivity contribution in [1.82, 2.24) is 4.31 Å². The standard InChI is InChI=1S/C14H17NO3S/c1-10-2-4-14(5-3-10)19(17,18)15-8-11-6-13(16)7-12(11)9-15/h2-6,12-13,16H,7-9H2,1H3/t12-,13+/m1/s1. The maximum atomic E-state index is 12.5. The number of sulfonamides is 1. The van der Waals surface area contributed by atoms with Crippen molar-refractivity contribution in [3.8, 4) is 0 Å². The molecule has 2 atom stereocenters. The molecule has 5 heteroatoms. The first-order valence-corrected chi connectivity index (χ1v) is 7.86. The zero-order valence-electron chi connectivity index (χ0n) is 10.8. The van der Waals surface area contributed by atoms with Crippen LogP contribution < -0.4 is 0 Å². The van der Waals surface area contributed by atoms with Gasteiger partial charge in [-0.3, -0.25) is 0 Å². The third-order valence-electron chi connectivity index (χ3n) is 3.90. The molecule has 19 heavy (non-hydrogen) atoms. The highest BCUT2D eigenvalue weighted by molar-refractivity contribution is 7.89. The van der Waals surface area contributed by atoms with Gasteiger partial charge in [0.05, 0.1) is 11.0 Å². The van der Waals surface area contributed by atoms with Gasteiger partial charge >= 0.3 is 0 Å². The highest BCUT2D eigenvalue weighted by Crippen LogP contribution is 2.35. The Hall–Kier alpha value is -1.17. The number of aliphatic hydroxyl groups excluding tert-OH is 1. The predicted molar refractivity (Wildman–Crippen MR) is 72.1 cm³/mol. The third kappa shape index (κ3) is 2.22. The second-order valence-electron chi connectivity index (χ2n) is 5.35. The summed E-state index contributed by atoms with van der Waals surface area (Å²) in [5.74, 6) is 0.190. The lowest BCUT2D eigenvalue weighted by Gasteiger charge is -2.17. The average Bonchev–Trinajstić information content (AvgIpc) is 2.87. The number of rotatable bonds is 2. The van der Waals surface area contributed by atoms with Gasteiger partial charge in [-0.25, -0.2) is 8.42 Å². The van der Waals surface area contributed by atoms with Gasteiger partial charge in [-0.15, -0.1) is 0 Å². The summed E-state index contributed by atoms with van der Waals surface area (Å²) in [5.41, 5.74) is 2.10. The molecule has 0 bridgehead atoms. The van der Waals surface area contributed by atoms with E-state index in [1.54, 1.807) is 18.2 Å². The zero-order chi connectivity index (χ0) is 13.6. The van der Waals surface area contributed by atoms with Crippen molar-refractivity contribution in [3.05, 3.63) is 41.5 Å². The Morgan fingerprint density at radius 2 is 1.95 bits per heavy atom. The number of fused-ring (bicyclic) bond motifs is 1. The Kier molecular flexibility index (Phi) is 3.00. The molecule has 4 nitrogen and oxygen atoms in total. The molecule has 0 radical (unpaired) electrons. The highest BCUT2D eigenvalue weighted by Gasteiger charge is 2.39. The maximum absolute atomic E-state index is 12.5. The van der Waals surface area contributed by atoms with Crippen LogP contribution in [0.1, 0.15) is 12.0 Å². The van der Waals surface area contributed by atoms with E-state index >= 15 is 0 Å². The van der Waals surface area contributed by atoms with E-state index in [-0.39, 0.29) is 5.92 Å². The fourth-order valence-electron chi connectivity index (χ4n) is 2.82. The molecule has 1 heterocycles. The summed E-state index contributed by atoms with van der Waals surface area (Å²) in [5, 5.41) is 9.53. The van der Waals surface area contributed by atoms with E-state index in [9.17, 15) is 13.5 Å². The summed E-state index contributed by atoms with van der Waals surface area (Å²) in [7, 11) is -3.40. The first-order valence-electron chi connectivity index (χ1n) is 6.42. The molecule has 1 aliphatic carbocycles. The van der Waals surface area contributed by atoms with Gasteiger partial charge in [-0.05, 0) is 31.4 Å². The topological polar surface area (TPSA) is 57.6 Å². The van der Waals surface area contributed by atoms with E-state index in [1.165, 1.54) is 4.31 Å². The van der Waals surface area contributed by atoms with Gasteiger partial charge < -0.3 is 5.11 Å². The molecule has 102 valence electrons. The Bertz CT molecular complexity index is 619. The molecule has 1 saturated heterocycles. The van der Waals surface area contributed by atoms with Crippen LogP contribution >= 0.6 is 0 Å². The van der Waals surface area contributed by atoms with Crippen molar-refractivity contribution in [2.24, 2.45) is 5.92 Å². The molecule has 1 N–H and O–H groups in total. The lowest BCUT2D eigenvalue weighted by atomic mass is 10.1. The smallest absolute Gasteiger partial charge is 0.243 e. The molecule has 3 rings (SSSR count). The number of hydrogen-bond donors (Lipinski definition) is 1. The number of benzene rings is 1. The van der Waals surface area contributed by atoms with Crippen LogP contribution in [0.4, 0.5) is 0 Å². The summed E-state index contributed by atoms with van der Waals surface area (Å²) < 4.78 is 26.5. The molecule has 0 spiro atoms. The molecule has 0 aromatic heterocycles. The molecule has 1 aliphatic heterocycles. The van der Waals surface area contributed by atoms with Gasteiger partial charge in [-0.2, -0.15) is 4.31 Å². The van der Waals surface area contributed by atoms with E-state index in [0.717, 1.165) is 11.1 Å². The second-order valence-corrected chi connectivity index (χ2v) is 7.29. The molecular weight excluding hydrogens is 262 g/mol. The van der Waals surface area contributed by atoms with Gasteiger partial charge in [0.1, 0.15) is 0 Å². The zero-order valence-corrected chi connectivity index (χ0v) is 11.6. The molecule has 0 unspecified atom stereocenters. The van der Waals surface area contributed by atoms with Crippen LogP contribution in [0.15, 0.2) is 40.8 Å². The van der Waals surface area contributed by atoms with Crippen molar-refractivity contribution in [3.63, 3.8) is 0 Å². The van der Waals surface area contributed by atoms with Crippen molar-refractivity contribution in [2.75, 3.05) is 13.1 Å². The minimum atomic E-state index is -3.40. The van der Waals surface area contributed by atoms with Crippen molar-refractivity contribution in [2.45, 2.75) is 24.3 Å². The number of aryl methyl sites for hydroxylation is 1. The SMILES string of the molecule is Cc1ccc(S(=O)(=O)N2CC3=C[C@H](O)C[C@@H]3C2)cc1. The van der Waals surface area contributed by atoms with E-state index < -0.39 is 16.1 Å². The monoisotopic (exact) mass is 279 g/mol. The van der Waals surface area contributed by atoms with E-state index in [1.807, 2.05) is 19.1 Å². The maximum Gasteiger partial charge on any atom is 0.243 e. The summed E-state index contributed by atoms with van der Waals surface area (Å²) >= 11 is 0. The van der Waals surface area contributed by atoms with Gasteiger partial charge in [-0.1, -0.05) is 29.3 Å². The van der Waals surface area contributed by atoms with E-state index in [0.29, 0.717) is 24.4 Å². The quantitative estimate of drug-likeness (QED) is 0.830. The Balaban J connectivity index is 1.87. The molecule has 0 amide bonds. The fraction of sp³-hybridized carbons (Fsp3) is 0.429. The van der Waals surface area contributed by atoms with Crippen molar-refractivity contribution in [1.29, 1.82) is 0 Å². The number of nitrogens with zero attached hydrogens (tertiary/aromatic N) is 1. The van der Waals surface area contributed by atoms with Crippen LogP contribution in [-0.2, 0) is 10.0 Å². The minimum Gasteiger partial charge on any atom is -0.389 e. The van der Waals surface area contributed by atoms with Crippen LogP contribution in [0.25, 0.3) is 0 Å². The van der Waals surface area contributed by atoms with Gasteiger partial charge in [0.2, 0.25) is 10.0 Å². The number of hydrogen-bond acceptors (Lipinski definition) is 3. The Morgan fingerprint density at radius 1 is 1.26 bits per heavy atom. The van der Waals surface area contributed by atoms with Gasteiger partial charge in [0, 0.05) is 13.1 Å². The summed E-state index contributed by atoms with van der Waals surface area (Å²) in [6.45, 7) is 2.83. The molecule has 2 aliphatic rings. The van der Waals surface area contributed by atoms with E-state index in [4.69, 9.17) is 0 Å². The molecule has 1 aromatic rings. The van der Waals surface area contributed by atoms with Gasteiger partial charge in [0.25, 0.3) is 0 Å².